The maximum Gasteiger partial charge on any atom is 0.272 e. The van der Waals surface area contributed by atoms with Crippen LogP contribution < -0.4 is 16.2 Å². The standard InChI is InChI=1S/C20H15ClFN7O3/c21-14-12(5-7-25-17(14)23)32-13-6-8-26-19(28-13)20(10-1-3-11(22)4-2-10)9-27-29-15(16(20)30)18(24)31/h1-8,30H,9H2,(H2,23,25)(H2,24,31). The Morgan fingerprint density at radius 2 is 1.88 bits per heavy atom. The molecule has 0 radical (unpaired) electrons. The minimum absolute atomic E-state index is 0.00894. The molecule has 0 aliphatic carbocycles. The molecule has 5 N–H and O–H groups in total. The molecule has 12 heteroatoms. The molecular weight excluding hydrogens is 441 g/mol. The number of carbonyl (C=O) groups excluding carboxylic acids is 1. The first-order valence-corrected chi connectivity index (χ1v) is 9.49. The number of azo groups is 1. The van der Waals surface area contributed by atoms with Crippen molar-refractivity contribution < 1.29 is 19.0 Å². The number of carbonyl (C=O) groups is 1. The number of anilines is 1. The summed E-state index contributed by atoms with van der Waals surface area (Å²) in [5.74, 6) is -1.68. The number of halogens is 2. The smallest absolute Gasteiger partial charge is 0.272 e. The number of aliphatic hydroxyl groups is 1. The monoisotopic (exact) mass is 455 g/mol. The van der Waals surface area contributed by atoms with Crippen molar-refractivity contribution in [2.45, 2.75) is 5.41 Å². The third-order valence-corrected chi connectivity index (χ3v) is 5.16. The third kappa shape index (κ3) is 3.58. The van der Waals surface area contributed by atoms with Crippen LogP contribution in [0.5, 0.6) is 11.6 Å². The van der Waals surface area contributed by atoms with Gasteiger partial charge in [0.2, 0.25) is 5.88 Å². The van der Waals surface area contributed by atoms with E-state index < -0.39 is 28.6 Å². The van der Waals surface area contributed by atoms with Gasteiger partial charge in [-0.1, -0.05) is 23.7 Å². The predicted molar refractivity (Wildman–Crippen MR) is 112 cm³/mol. The molecular formula is C20H15ClFN7O3. The van der Waals surface area contributed by atoms with Crippen molar-refractivity contribution in [3.8, 4) is 11.6 Å². The summed E-state index contributed by atoms with van der Waals surface area (Å²) in [5, 5.41) is 18.8. The number of aliphatic hydroxyl groups excluding tert-OH is 1. The molecule has 0 spiro atoms. The molecule has 0 bridgehead atoms. The number of nitrogens with zero attached hydrogens (tertiary/aromatic N) is 5. The molecule has 10 nitrogen and oxygen atoms in total. The Balaban J connectivity index is 1.87. The van der Waals surface area contributed by atoms with Gasteiger partial charge in [0, 0.05) is 24.5 Å². The van der Waals surface area contributed by atoms with E-state index in [1.807, 2.05) is 0 Å². The Labute approximate surface area is 185 Å². The topological polar surface area (TPSA) is 162 Å². The van der Waals surface area contributed by atoms with Crippen molar-refractivity contribution in [3.63, 3.8) is 0 Å². The van der Waals surface area contributed by atoms with Crippen LogP contribution in [0.25, 0.3) is 0 Å². The van der Waals surface area contributed by atoms with E-state index in [0.717, 1.165) is 0 Å². The van der Waals surface area contributed by atoms with Crippen molar-refractivity contribution in [2.75, 3.05) is 12.3 Å². The van der Waals surface area contributed by atoms with E-state index in [1.54, 1.807) is 0 Å². The Morgan fingerprint density at radius 3 is 2.59 bits per heavy atom. The molecule has 0 saturated carbocycles. The number of hydrogen-bond donors (Lipinski definition) is 3. The number of amides is 1. The van der Waals surface area contributed by atoms with Gasteiger partial charge in [0.25, 0.3) is 5.91 Å². The molecule has 4 rings (SSSR count). The van der Waals surface area contributed by atoms with Crippen LogP contribution in [0.15, 0.2) is 70.5 Å². The summed E-state index contributed by atoms with van der Waals surface area (Å²) < 4.78 is 19.3. The van der Waals surface area contributed by atoms with Gasteiger partial charge in [-0.2, -0.15) is 10.1 Å². The largest absolute Gasteiger partial charge is 0.508 e. The predicted octanol–water partition coefficient (Wildman–Crippen LogP) is 3.05. The molecule has 3 aromatic rings. The van der Waals surface area contributed by atoms with Crippen LogP contribution in [-0.4, -0.2) is 32.5 Å². The molecule has 0 saturated heterocycles. The lowest BCUT2D eigenvalue weighted by molar-refractivity contribution is -0.115. The highest BCUT2D eigenvalue weighted by Gasteiger charge is 2.47. The van der Waals surface area contributed by atoms with Crippen LogP contribution in [0, 0.1) is 5.82 Å². The van der Waals surface area contributed by atoms with E-state index in [1.165, 1.54) is 48.8 Å². The highest BCUT2D eigenvalue weighted by atomic mass is 35.5. The zero-order valence-electron chi connectivity index (χ0n) is 16.2. The van der Waals surface area contributed by atoms with Crippen LogP contribution in [-0.2, 0) is 10.2 Å². The molecule has 1 aliphatic rings. The number of nitrogens with two attached hydrogens (primary N) is 2. The molecule has 1 aliphatic heterocycles. The van der Waals surface area contributed by atoms with Gasteiger partial charge in [0.1, 0.15) is 27.8 Å². The second kappa shape index (κ2) is 8.19. The minimum Gasteiger partial charge on any atom is -0.508 e. The summed E-state index contributed by atoms with van der Waals surface area (Å²) in [7, 11) is 0. The van der Waals surface area contributed by atoms with E-state index in [-0.39, 0.29) is 34.8 Å². The number of benzene rings is 1. The second-order valence-electron chi connectivity index (χ2n) is 6.70. The minimum atomic E-state index is -1.57. The van der Waals surface area contributed by atoms with Gasteiger partial charge in [-0.05, 0) is 17.7 Å². The van der Waals surface area contributed by atoms with Gasteiger partial charge in [-0.15, -0.1) is 5.11 Å². The van der Waals surface area contributed by atoms with Gasteiger partial charge in [-0.25, -0.2) is 14.4 Å². The summed E-state index contributed by atoms with van der Waals surface area (Å²) >= 11 is 6.13. The van der Waals surface area contributed by atoms with Crippen molar-refractivity contribution >= 4 is 23.3 Å². The van der Waals surface area contributed by atoms with Crippen LogP contribution >= 0.6 is 11.6 Å². The molecule has 162 valence electrons. The third-order valence-electron chi connectivity index (χ3n) is 4.78. The average molecular weight is 456 g/mol. The van der Waals surface area contributed by atoms with Gasteiger partial charge in [-0.3, -0.25) is 4.79 Å². The maximum atomic E-state index is 13.6. The fourth-order valence-corrected chi connectivity index (χ4v) is 3.36. The SMILES string of the molecule is NC(=O)C1=C(O)C(c2ccc(F)cc2)(c2nccc(Oc3ccnc(N)c3Cl)n2)CN=N1. The van der Waals surface area contributed by atoms with Crippen LogP contribution in [0.3, 0.4) is 0 Å². The van der Waals surface area contributed by atoms with Gasteiger partial charge < -0.3 is 21.3 Å². The number of hydrogen-bond acceptors (Lipinski definition) is 9. The molecule has 3 heterocycles. The Hall–Kier alpha value is -4.12. The van der Waals surface area contributed by atoms with Crippen LogP contribution in [0.2, 0.25) is 5.02 Å². The van der Waals surface area contributed by atoms with Crippen molar-refractivity contribution in [1.82, 2.24) is 15.0 Å². The van der Waals surface area contributed by atoms with Gasteiger partial charge in [0.05, 0.1) is 6.54 Å². The molecule has 0 fully saturated rings. The first kappa shape index (κ1) is 21.1. The molecule has 2 aromatic heterocycles. The summed E-state index contributed by atoms with van der Waals surface area (Å²) in [5.41, 5.74) is 9.38. The van der Waals surface area contributed by atoms with E-state index in [9.17, 15) is 14.3 Å². The van der Waals surface area contributed by atoms with Crippen molar-refractivity contribution in [1.29, 1.82) is 0 Å². The molecule has 1 unspecified atom stereocenters. The molecule has 1 atom stereocenters. The lowest BCUT2D eigenvalue weighted by Crippen LogP contribution is -2.39. The molecule has 32 heavy (non-hydrogen) atoms. The van der Waals surface area contributed by atoms with Gasteiger partial charge in [0.15, 0.2) is 17.3 Å². The average Bonchev–Trinajstić information content (AvgIpc) is 2.78. The number of primary amides is 1. The fraction of sp³-hybridized carbons (Fsp3) is 0.100. The number of aromatic nitrogens is 3. The highest BCUT2D eigenvalue weighted by molar-refractivity contribution is 6.34. The number of pyridine rings is 1. The van der Waals surface area contributed by atoms with Crippen molar-refractivity contribution in [3.05, 3.63) is 82.5 Å². The summed E-state index contributed by atoms with van der Waals surface area (Å²) in [6.45, 7) is -0.173. The lowest BCUT2D eigenvalue weighted by atomic mass is 9.76. The normalized spacial score (nSPS) is 17.9. The second-order valence-corrected chi connectivity index (χ2v) is 7.08. The first-order chi connectivity index (χ1) is 15.3. The summed E-state index contributed by atoms with van der Waals surface area (Å²) in [4.78, 5) is 24.3. The van der Waals surface area contributed by atoms with E-state index in [2.05, 4.69) is 25.2 Å². The summed E-state index contributed by atoms with van der Waals surface area (Å²) in [6, 6.07) is 8.17. The van der Waals surface area contributed by atoms with Crippen LogP contribution in [0.1, 0.15) is 11.4 Å². The Kier molecular flexibility index (Phi) is 5.41. The van der Waals surface area contributed by atoms with Crippen LogP contribution in [0.4, 0.5) is 10.2 Å². The number of rotatable bonds is 5. The first-order valence-electron chi connectivity index (χ1n) is 9.11. The lowest BCUT2D eigenvalue weighted by Gasteiger charge is -2.32. The number of ether oxygens (including phenoxy) is 1. The molecule has 1 aromatic carbocycles. The maximum absolute atomic E-state index is 13.6. The van der Waals surface area contributed by atoms with E-state index >= 15 is 0 Å². The fourth-order valence-electron chi connectivity index (χ4n) is 3.21. The van der Waals surface area contributed by atoms with Crippen molar-refractivity contribution in [2.24, 2.45) is 16.0 Å². The number of nitrogen functional groups attached to an aromatic ring is 1. The van der Waals surface area contributed by atoms with E-state index in [0.29, 0.717) is 5.56 Å². The zero-order valence-corrected chi connectivity index (χ0v) is 17.0. The summed E-state index contributed by atoms with van der Waals surface area (Å²) in [6.07, 6.45) is 2.79. The Morgan fingerprint density at radius 1 is 1.16 bits per heavy atom. The highest BCUT2D eigenvalue weighted by Crippen LogP contribution is 2.41. The van der Waals surface area contributed by atoms with E-state index in [4.69, 9.17) is 27.8 Å². The quantitative estimate of drug-likeness (QED) is 0.532. The molecule has 1 amide bonds. The Bertz CT molecular complexity index is 1270. The zero-order chi connectivity index (χ0) is 22.9. The van der Waals surface area contributed by atoms with Gasteiger partial charge >= 0.3 is 0 Å².